The Morgan fingerprint density at radius 2 is 2.21 bits per heavy atom. The SMILES string of the molecule is O=C(O)[C@@H]1C[C@@H](O)CN1S(=O)(=O)c1ncccc1F. The first-order valence-electron chi connectivity index (χ1n) is 5.37. The Morgan fingerprint density at radius 3 is 2.79 bits per heavy atom. The summed E-state index contributed by atoms with van der Waals surface area (Å²) < 4.78 is 38.4. The summed E-state index contributed by atoms with van der Waals surface area (Å²) in [6.45, 7) is -0.394. The molecule has 1 saturated heterocycles. The average Bonchev–Trinajstić information content (AvgIpc) is 2.72. The van der Waals surface area contributed by atoms with Crippen molar-refractivity contribution in [1.29, 1.82) is 0 Å². The summed E-state index contributed by atoms with van der Waals surface area (Å²) >= 11 is 0. The number of aliphatic hydroxyl groups excluding tert-OH is 1. The Balaban J connectivity index is 2.45. The number of aromatic nitrogens is 1. The van der Waals surface area contributed by atoms with Crippen molar-refractivity contribution in [2.75, 3.05) is 6.54 Å². The van der Waals surface area contributed by atoms with Crippen molar-refractivity contribution >= 4 is 16.0 Å². The van der Waals surface area contributed by atoms with Crippen LogP contribution in [-0.4, -0.2) is 52.6 Å². The monoisotopic (exact) mass is 290 g/mol. The van der Waals surface area contributed by atoms with Gasteiger partial charge in [0, 0.05) is 19.2 Å². The molecule has 0 unspecified atom stereocenters. The molecule has 2 N–H and O–H groups in total. The summed E-state index contributed by atoms with van der Waals surface area (Å²) in [5, 5.41) is 17.5. The number of sulfonamides is 1. The fourth-order valence-corrected chi connectivity index (χ4v) is 3.56. The van der Waals surface area contributed by atoms with Crippen LogP contribution in [-0.2, 0) is 14.8 Å². The minimum atomic E-state index is -4.39. The van der Waals surface area contributed by atoms with Crippen LogP contribution in [0.15, 0.2) is 23.4 Å². The van der Waals surface area contributed by atoms with E-state index in [1.165, 1.54) is 6.07 Å². The summed E-state index contributed by atoms with van der Waals surface area (Å²) in [4.78, 5) is 14.4. The molecule has 1 aromatic heterocycles. The van der Waals surface area contributed by atoms with E-state index in [0.717, 1.165) is 12.3 Å². The zero-order valence-electron chi connectivity index (χ0n) is 9.60. The molecule has 0 aromatic carbocycles. The predicted octanol–water partition coefficient (Wildman–Crippen LogP) is -0.571. The zero-order valence-corrected chi connectivity index (χ0v) is 10.4. The van der Waals surface area contributed by atoms with Crippen LogP contribution >= 0.6 is 0 Å². The van der Waals surface area contributed by atoms with Crippen molar-refractivity contribution in [1.82, 2.24) is 9.29 Å². The number of carboxylic acid groups (broad SMARTS) is 1. The second-order valence-corrected chi connectivity index (χ2v) is 5.91. The highest BCUT2D eigenvalue weighted by Gasteiger charge is 2.44. The van der Waals surface area contributed by atoms with Gasteiger partial charge in [0.15, 0.2) is 5.82 Å². The minimum absolute atomic E-state index is 0.233. The van der Waals surface area contributed by atoms with Crippen molar-refractivity contribution < 1.29 is 27.8 Å². The highest BCUT2D eigenvalue weighted by Crippen LogP contribution is 2.26. The molecule has 0 amide bonds. The quantitative estimate of drug-likeness (QED) is 0.772. The number of carbonyl (C=O) groups is 1. The number of hydrogen-bond acceptors (Lipinski definition) is 5. The fraction of sp³-hybridized carbons (Fsp3) is 0.400. The normalized spacial score (nSPS) is 24.5. The minimum Gasteiger partial charge on any atom is -0.480 e. The lowest BCUT2D eigenvalue weighted by molar-refractivity contribution is -0.140. The van der Waals surface area contributed by atoms with Crippen molar-refractivity contribution in [2.24, 2.45) is 0 Å². The number of nitrogens with zero attached hydrogens (tertiary/aromatic N) is 2. The summed E-state index contributed by atoms with van der Waals surface area (Å²) in [5.41, 5.74) is 0. The van der Waals surface area contributed by atoms with Gasteiger partial charge in [0.1, 0.15) is 6.04 Å². The molecule has 2 rings (SSSR count). The third-order valence-corrected chi connectivity index (χ3v) is 4.61. The molecule has 1 aliphatic rings. The van der Waals surface area contributed by atoms with Gasteiger partial charge >= 0.3 is 5.97 Å². The number of aliphatic carboxylic acids is 1. The topological polar surface area (TPSA) is 108 Å². The zero-order chi connectivity index (χ0) is 14.2. The first-order valence-corrected chi connectivity index (χ1v) is 6.81. The molecule has 104 valence electrons. The van der Waals surface area contributed by atoms with Crippen LogP contribution in [0.4, 0.5) is 4.39 Å². The summed E-state index contributed by atoms with van der Waals surface area (Å²) in [5.74, 6) is -2.45. The van der Waals surface area contributed by atoms with Gasteiger partial charge in [0.25, 0.3) is 10.0 Å². The van der Waals surface area contributed by atoms with Gasteiger partial charge < -0.3 is 10.2 Å². The van der Waals surface area contributed by atoms with E-state index in [4.69, 9.17) is 5.11 Å². The van der Waals surface area contributed by atoms with Crippen LogP contribution in [0, 0.1) is 5.82 Å². The summed E-state index contributed by atoms with van der Waals surface area (Å²) in [6, 6.07) is 0.728. The molecule has 0 saturated carbocycles. The summed E-state index contributed by atoms with van der Waals surface area (Å²) in [7, 11) is -4.39. The Morgan fingerprint density at radius 1 is 1.53 bits per heavy atom. The van der Waals surface area contributed by atoms with Crippen LogP contribution < -0.4 is 0 Å². The van der Waals surface area contributed by atoms with Gasteiger partial charge in [-0.25, -0.2) is 17.8 Å². The first-order chi connectivity index (χ1) is 8.84. The largest absolute Gasteiger partial charge is 0.480 e. The molecule has 1 aliphatic heterocycles. The van der Waals surface area contributed by atoms with Gasteiger partial charge in [0.2, 0.25) is 5.03 Å². The van der Waals surface area contributed by atoms with Gasteiger partial charge in [-0.15, -0.1) is 0 Å². The fourth-order valence-electron chi connectivity index (χ4n) is 1.95. The Hall–Kier alpha value is -1.58. The number of hydrogen-bond donors (Lipinski definition) is 2. The van der Waals surface area contributed by atoms with Gasteiger partial charge in [-0.1, -0.05) is 0 Å². The van der Waals surface area contributed by atoms with E-state index in [2.05, 4.69) is 4.98 Å². The number of halogens is 1. The van der Waals surface area contributed by atoms with E-state index < -0.39 is 45.5 Å². The van der Waals surface area contributed by atoms with Crippen LogP contribution in [0.5, 0.6) is 0 Å². The molecule has 0 spiro atoms. The Bertz CT molecular complexity index is 606. The molecular formula is C10H11FN2O5S. The van der Waals surface area contributed by atoms with Gasteiger partial charge in [0.05, 0.1) is 6.10 Å². The third-order valence-electron chi connectivity index (χ3n) is 2.80. The van der Waals surface area contributed by atoms with E-state index in [9.17, 15) is 22.7 Å². The predicted molar refractivity (Wildman–Crippen MR) is 60.1 cm³/mol. The third kappa shape index (κ3) is 2.44. The lowest BCUT2D eigenvalue weighted by atomic mass is 10.2. The van der Waals surface area contributed by atoms with Gasteiger partial charge in [-0.05, 0) is 12.1 Å². The van der Waals surface area contributed by atoms with Crippen molar-refractivity contribution in [3.05, 3.63) is 24.1 Å². The maximum atomic E-state index is 13.5. The molecule has 0 bridgehead atoms. The van der Waals surface area contributed by atoms with E-state index in [-0.39, 0.29) is 6.42 Å². The van der Waals surface area contributed by atoms with E-state index in [0.29, 0.717) is 4.31 Å². The average molecular weight is 290 g/mol. The highest BCUT2D eigenvalue weighted by atomic mass is 32.2. The van der Waals surface area contributed by atoms with Crippen molar-refractivity contribution in [3.8, 4) is 0 Å². The molecule has 7 nitrogen and oxygen atoms in total. The maximum Gasteiger partial charge on any atom is 0.322 e. The smallest absolute Gasteiger partial charge is 0.322 e. The second kappa shape index (κ2) is 4.83. The first kappa shape index (κ1) is 13.8. The van der Waals surface area contributed by atoms with Gasteiger partial charge in [-0.3, -0.25) is 4.79 Å². The van der Waals surface area contributed by atoms with Crippen molar-refractivity contribution in [3.63, 3.8) is 0 Å². The lowest BCUT2D eigenvalue weighted by Crippen LogP contribution is -2.41. The van der Waals surface area contributed by atoms with Gasteiger partial charge in [-0.2, -0.15) is 4.31 Å². The molecule has 0 aliphatic carbocycles. The summed E-state index contributed by atoms with van der Waals surface area (Å²) in [6.07, 6.45) is -0.232. The van der Waals surface area contributed by atoms with Crippen LogP contribution in [0.25, 0.3) is 0 Å². The molecule has 0 radical (unpaired) electrons. The van der Waals surface area contributed by atoms with E-state index >= 15 is 0 Å². The standard InChI is InChI=1S/C10H11FN2O5S/c11-7-2-1-3-12-9(7)19(17,18)13-5-6(14)4-8(13)10(15)16/h1-3,6,8,14H,4-5H2,(H,15,16)/t6-,8+/m1/s1. The molecule has 9 heteroatoms. The van der Waals surface area contributed by atoms with E-state index in [1.54, 1.807) is 0 Å². The molecule has 2 atom stereocenters. The molecule has 19 heavy (non-hydrogen) atoms. The maximum absolute atomic E-state index is 13.5. The highest BCUT2D eigenvalue weighted by molar-refractivity contribution is 7.89. The number of β-amino-alcohol motifs (C(OH)–C–C–N with tert-alkyl or cyclic N) is 1. The van der Waals surface area contributed by atoms with Crippen molar-refractivity contribution in [2.45, 2.75) is 23.6 Å². The molecular weight excluding hydrogens is 279 g/mol. The number of aliphatic hydroxyl groups is 1. The molecule has 1 aromatic rings. The van der Waals surface area contributed by atoms with E-state index in [1.807, 2.05) is 0 Å². The van der Waals surface area contributed by atoms with Crippen LogP contribution in [0.2, 0.25) is 0 Å². The Labute approximate surface area is 108 Å². The number of pyridine rings is 1. The number of rotatable bonds is 3. The molecule has 2 heterocycles. The molecule has 1 fully saturated rings. The Kier molecular flexibility index (Phi) is 3.52. The number of carboxylic acids is 1. The lowest BCUT2D eigenvalue weighted by Gasteiger charge is -2.20. The second-order valence-electron chi connectivity index (χ2n) is 4.11. The van der Waals surface area contributed by atoms with Crippen LogP contribution in [0.1, 0.15) is 6.42 Å². The van der Waals surface area contributed by atoms with Crippen LogP contribution in [0.3, 0.4) is 0 Å².